The number of nitrogens with zero attached hydrogens (tertiary/aromatic N) is 1. The van der Waals surface area contributed by atoms with E-state index in [1.54, 1.807) is 29.5 Å². The minimum Gasteiger partial charge on any atom is -0.382 e. The molecule has 2 aromatic rings. The summed E-state index contributed by atoms with van der Waals surface area (Å²) in [4.78, 5) is 15.6. The molecule has 1 amide bonds. The minimum atomic E-state index is -3.57. The Balaban J connectivity index is 2.13. The zero-order chi connectivity index (χ0) is 19.2. The van der Waals surface area contributed by atoms with Crippen molar-refractivity contribution in [2.24, 2.45) is 5.92 Å². The molecule has 0 aliphatic carbocycles. The number of thiophene rings is 1. The molecule has 0 spiro atoms. The van der Waals surface area contributed by atoms with Gasteiger partial charge in [0.2, 0.25) is 5.91 Å². The Morgan fingerprint density at radius 2 is 2.00 bits per heavy atom. The van der Waals surface area contributed by atoms with Gasteiger partial charge in [0.1, 0.15) is 5.75 Å². The Hall–Kier alpha value is -1.86. The van der Waals surface area contributed by atoms with Gasteiger partial charge in [-0.3, -0.25) is 4.79 Å². The predicted molar refractivity (Wildman–Crippen MR) is 105 cm³/mol. The van der Waals surface area contributed by atoms with E-state index in [1.807, 2.05) is 28.5 Å². The van der Waals surface area contributed by atoms with Crippen LogP contribution in [-0.4, -0.2) is 31.5 Å². The lowest BCUT2D eigenvalue weighted by molar-refractivity contribution is -0.131. The molecule has 0 bridgehead atoms. The lowest BCUT2D eigenvalue weighted by Crippen LogP contribution is -2.34. The summed E-state index contributed by atoms with van der Waals surface area (Å²) in [6.07, 6.45) is 0.380. The molecule has 0 N–H and O–H groups in total. The Morgan fingerprint density at radius 3 is 2.62 bits per heavy atom. The van der Waals surface area contributed by atoms with Crippen LogP contribution in [-0.2, 0) is 27.9 Å². The second kappa shape index (κ2) is 9.19. The van der Waals surface area contributed by atoms with Gasteiger partial charge in [0.25, 0.3) is 0 Å². The highest BCUT2D eigenvalue weighted by molar-refractivity contribution is 7.87. The molecular formula is C19H25NO4S2. The number of benzene rings is 1. The molecule has 0 fully saturated rings. The van der Waals surface area contributed by atoms with Gasteiger partial charge in [0.05, 0.1) is 12.2 Å². The largest absolute Gasteiger partial charge is 0.382 e. The van der Waals surface area contributed by atoms with Gasteiger partial charge in [0.15, 0.2) is 0 Å². The fourth-order valence-corrected chi connectivity index (χ4v) is 3.70. The van der Waals surface area contributed by atoms with E-state index >= 15 is 0 Å². The van der Waals surface area contributed by atoms with Crippen LogP contribution < -0.4 is 4.18 Å². The van der Waals surface area contributed by atoms with E-state index in [4.69, 9.17) is 4.18 Å². The first-order valence-electron chi connectivity index (χ1n) is 8.60. The molecule has 1 aromatic carbocycles. The minimum absolute atomic E-state index is 0.0636. The lowest BCUT2D eigenvalue weighted by Gasteiger charge is -2.25. The Bertz CT molecular complexity index is 814. The molecular weight excluding hydrogens is 370 g/mol. The summed E-state index contributed by atoms with van der Waals surface area (Å²) in [6.45, 7) is 6.73. The standard InChI is InChI=1S/C19H25NO4S2/c1-4-26(22,23)24-17-8-5-7-16(11-17)14-20(13-15(2)3)19(21)12-18-9-6-10-25-18/h5-11,15H,4,12-14H2,1-3H3. The maximum Gasteiger partial charge on any atom is 0.308 e. The van der Waals surface area contributed by atoms with E-state index < -0.39 is 10.1 Å². The first kappa shape index (κ1) is 20.5. The topological polar surface area (TPSA) is 63.7 Å². The zero-order valence-electron chi connectivity index (χ0n) is 15.3. The van der Waals surface area contributed by atoms with Gasteiger partial charge in [-0.15, -0.1) is 11.3 Å². The lowest BCUT2D eigenvalue weighted by atomic mass is 10.1. The molecule has 1 aromatic heterocycles. The van der Waals surface area contributed by atoms with Crippen LogP contribution in [0.4, 0.5) is 0 Å². The smallest absolute Gasteiger partial charge is 0.308 e. The fourth-order valence-electron chi connectivity index (χ4n) is 2.49. The van der Waals surface area contributed by atoms with Crippen molar-refractivity contribution in [1.29, 1.82) is 0 Å². The number of rotatable bonds is 9. The van der Waals surface area contributed by atoms with Gasteiger partial charge < -0.3 is 9.08 Å². The summed E-state index contributed by atoms with van der Waals surface area (Å²) in [5, 5.41) is 1.96. The van der Waals surface area contributed by atoms with Crippen molar-refractivity contribution in [1.82, 2.24) is 4.90 Å². The normalized spacial score (nSPS) is 11.5. The summed E-state index contributed by atoms with van der Waals surface area (Å²) in [5.41, 5.74) is 0.842. The molecule has 142 valence electrons. The highest BCUT2D eigenvalue weighted by atomic mass is 32.2. The number of hydrogen-bond acceptors (Lipinski definition) is 5. The molecule has 5 nitrogen and oxygen atoms in total. The molecule has 0 aliphatic rings. The van der Waals surface area contributed by atoms with E-state index in [2.05, 4.69) is 13.8 Å². The number of hydrogen-bond donors (Lipinski definition) is 0. The number of amides is 1. The second-order valence-electron chi connectivity index (χ2n) is 6.50. The molecule has 2 rings (SSSR count). The van der Waals surface area contributed by atoms with Crippen molar-refractivity contribution in [3.05, 3.63) is 52.2 Å². The molecule has 7 heteroatoms. The third-order valence-electron chi connectivity index (χ3n) is 3.69. The maximum absolute atomic E-state index is 12.7. The van der Waals surface area contributed by atoms with Gasteiger partial charge in [-0.05, 0) is 42.0 Å². The Morgan fingerprint density at radius 1 is 1.23 bits per heavy atom. The van der Waals surface area contributed by atoms with Crippen molar-refractivity contribution in [2.75, 3.05) is 12.3 Å². The molecule has 26 heavy (non-hydrogen) atoms. The van der Waals surface area contributed by atoms with Crippen LogP contribution in [0.1, 0.15) is 31.2 Å². The van der Waals surface area contributed by atoms with E-state index in [0.717, 1.165) is 10.4 Å². The molecule has 1 heterocycles. The highest BCUT2D eigenvalue weighted by Crippen LogP contribution is 2.19. The number of carbonyl (C=O) groups excluding carboxylic acids is 1. The summed E-state index contributed by atoms with van der Waals surface area (Å²) < 4.78 is 28.4. The van der Waals surface area contributed by atoms with Crippen LogP contribution in [0.3, 0.4) is 0 Å². The van der Waals surface area contributed by atoms with Gasteiger partial charge in [-0.2, -0.15) is 8.42 Å². The first-order valence-corrected chi connectivity index (χ1v) is 11.1. The second-order valence-corrected chi connectivity index (χ2v) is 9.39. The fraction of sp³-hybridized carbons (Fsp3) is 0.421. The van der Waals surface area contributed by atoms with Crippen LogP contribution >= 0.6 is 11.3 Å². The molecule has 0 aliphatic heterocycles. The van der Waals surface area contributed by atoms with Crippen molar-refractivity contribution < 1.29 is 17.4 Å². The van der Waals surface area contributed by atoms with Gasteiger partial charge in [0, 0.05) is 18.0 Å². The SMILES string of the molecule is CCS(=O)(=O)Oc1cccc(CN(CC(C)C)C(=O)Cc2cccs2)c1. The molecule has 0 saturated heterocycles. The van der Waals surface area contributed by atoms with Crippen LogP contribution in [0.25, 0.3) is 0 Å². The average molecular weight is 396 g/mol. The predicted octanol–water partition coefficient (Wildman–Crippen LogP) is 3.70. The zero-order valence-corrected chi connectivity index (χ0v) is 17.0. The molecule has 0 radical (unpaired) electrons. The third kappa shape index (κ3) is 6.46. The quantitative estimate of drug-likeness (QED) is 0.607. The van der Waals surface area contributed by atoms with E-state index in [1.165, 1.54) is 6.92 Å². The highest BCUT2D eigenvalue weighted by Gasteiger charge is 2.17. The Kier molecular flexibility index (Phi) is 7.23. The summed E-state index contributed by atoms with van der Waals surface area (Å²) in [6, 6.07) is 10.8. The van der Waals surface area contributed by atoms with Crippen LogP contribution in [0.15, 0.2) is 41.8 Å². The van der Waals surface area contributed by atoms with Crippen LogP contribution in [0.5, 0.6) is 5.75 Å². The third-order valence-corrected chi connectivity index (χ3v) is 5.72. The monoisotopic (exact) mass is 395 g/mol. The summed E-state index contributed by atoms with van der Waals surface area (Å²) in [5.74, 6) is 0.589. The van der Waals surface area contributed by atoms with Gasteiger partial charge in [-0.1, -0.05) is 32.0 Å². The van der Waals surface area contributed by atoms with Crippen molar-refractivity contribution in [3.8, 4) is 5.75 Å². The molecule has 0 atom stereocenters. The Labute approximate surface area is 159 Å². The number of carbonyl (C=O) groups is 1. The van der Waals surface area contributed by atoms with Crippen molar-refractivity contribution in [3.63, 3.8) is 0 Å². The maximum atomic E-state index is 12.7. The first-order chi connectivity index (χ1) is 12.3. The summed E-state index contributed by atoms with van der Waals surface area (Å²) in [7, 11) is -3.57. The van der Waals surface area contributed by atoms with Crippen molar-refractivity contribution >= 4 is 27.4 Å². The van der Waals surface area contributed by atoms with Crippen LogP contribution in [0, 0.1) is 5.92 Å². The molecule has 0 unspecified atom stereocenters. The van der Waals surface area contributed by atoms with E-state index in [0.29, 0.717) is 25.4 Å². The summed E-state index contributed by atoms with van der Waals surface area (Å²) >= 11 is 1.57. The molecule has 0 saturated carbocycles. The van der Waals surface area contributed by atoms with E-state index in [9.17, 15) is 13.2 Å². The average Bonchev–Trinajstić information content (AvgIpc) is 3.06. The van der Waals surface area contributed by atoms with Gasteiger partial charge in [-0.25, -0.2) is 0 Å². The van der Waals surface area contributed by atoms with Crippen molar-refractivity contribution in [2.45, 2.75) is 33.7 Å². The van der Waals surface area contributed by atoms with E-state index in [-0.39, 0.29) is 17.4 Å². The van der Waals surface area contributed by atoms with Gasteiger partial charge >= 0.3 is 10.1 Å². The van der Waals surface area contributed by atoms with Crippen LogP contribution in [0.2, 0.25) is 0 Å².